The second-order valence-corrected chi connectivity index (χ2v) is 5.22. The predicted octanol–water partition coefficient (Wildman–Crippen LogP) is 4.39. The molecule has 0 aliphatic rings. The molecular formula is C12H15I. The quantitative estimate of drug-likeness (QED) is 0.672. The zero-order valence-electron chi connectivity index (χ0n) is 10.2. The molecule has 1 rings (SSSR count). The average molecular weight is 288 g/mol. The van der Waals surface area contributed by atoms with E-state index in [0.29, 0.717) is 3.58 Å². The summed E-state index contributed by atoms with van der Waals surface area (Å²) in [6, 6.07) is 8.09. The Morgan fingerprint density at radius 3 is 2.23 bits per heavy atom. The normalized spacial score (nSPS) is 13.2. The summed E-state index contributed by atoms with van der Waals surface area (Å²) in [5.41, 5.74) is 2.37. The van der Waals surface area contributed by atoms with Gasteiger partial charge in [-0.1, -0.05) is 51.6 Å². The van der Waals surface area contributed by atoms with Crippen molar-refractivity contribution in [3.05, 3.63) is 41.9 Å². The van der Waals surface area contributed by atoms with Gasteiger partial charge in [0, 0.05) is 3.58 Å². The monoisotopic (exact) mass is 288 g/mol. The Hall–Kier alpha value is -0.310. The van der Waals surface area contributed by atoms with Crippen molar-refractivity contribution in [2.24, 2.45) is 0 Å². The topological polar surface area (TPSA) is 0 Å². The maximum atomic E-state index is 7.24. The van der Waals surface area contributed by atoms with E-state index in [1.54, 1.807) is 0 Å². The van der Waals surface area contributed by atoms with Crippen LogP contribution in [0.4, 0.5) is 0 Å². The Kier molecular flexibility index (Phi) is 2.36. The summed E-state index contributed by atoms with van der Waals surface area (Å²) in [4.78, 5) is 0. The molecule has 1 aromatic rings. The van der Waals surface area contributed by atoms with Crippen molar-refractivity contribution >= 4 is 26.2 Å². The zero-order chi connectivity index (χ0) is 11.6. The van der Waals surface area contributed by atoms with Gasteiger partial charge in [-0.05, 0) is 39.1 Å². The molecule has 0 heterocycles. The van der Waals surface area contributed by atoms with Gasteiger partial charge in [0.25, 0.3) is 0 Å². The Bertz CT molecular complexity index is 368. The van der Waals surface area contributed by atoms with Gasteiger partial charge in [0.1, 0.15) is 0 Å². The van der Waals surface area contributed by atoms with Crippen molar-refractivity contribution in [1.82, 2.24) is 0 Å². The van der Waals surface area contributed by atoms with Crippen molar-refractivity contribution in [1.29, 1.82) is 0 Å². The number of hydrogen-bond donors (Lipinski definition) is 0. The van der Waals surface area contributed by atoms with E-state index >= 15 is 0 Å². The van der Waals surface area contributed by atoms with Crippen molar-refractivity contribution in [3.8, 4) is 0 Å². The molecule has 0 aliphatic carbocycles. The van der Waals surface area contributed by atoms with Gasteiger partial charge in [0.05, 0.1) is 2.74 Å². The van der Waals surface area contributed by atoms with Gasteiger partial charge in [0.2, 0.25) is 0 Å². The fourth-order valence-corrected chi connectivity index (χ4v) is 1.48. The molecule has 0 aromatic heterocycles. The molecular weight excluding hydrogens is 271 g/mol. The molecule has 0 atom stereocenters. The molecule has 0 saturated carbocycles. The summed E-state index contributed by atoms with van der Waals surface area (Å²) in [5, 5.41) is 0. The summed E-state index contributed by atoms with van der Waals surface area (Å²) in [6.07, 6.45) is 0. The standard InChI is InChI=1S/C12H15I/c1-9(13)10-5-7-11(8-6-10)12(2,3)4/h5-8H,1H2,2-4H3/i1D2. The van der Waals surface area contributed by atoms with Crippen LogP contribution in [0.15, 0.2) is 30.8 Å². The highest BCUT2D eigenvalue weighted by Gasteiger charge is 2.12. The fourth-order valence-electron chi connectivity index (χ4n) is 1.12. The van der Waals surface area contributed by atoms with Crippen molar-refractivity contribution < 1.29 is 2.74 Å². The SMILES string of the molecule is [2H]C([2H])=C(I)c1ccc(C(C)(C)C)cc1. The second-order valence-electron chi connectivity index (χ2n) is 4.14. The Balaban J connectivity index is 3.07. The molecule has 0 aliphatic heterocycles. The van der Waals surface area contributed by atoms with Crippen LogP contribution in [0.2, 0.25) is 0 Å². The molecule has 0 unspecified atom stereocenters. The first kappa shape index (κ1) is 8.04. The third kappa shape index (κ3) is 2.83. The molecule has 70 valence electrons. The summed E-state index contributed by atoms with van der Waals surface area (Å²) in [6.45, 7) is 6.38. The molecule has 0 spiro atoms. The van der Waals surface area contributed by atoms with E-state index in [1.807, 2.05) is 34.7 Å². The summed E-state index contributed by atoms with van der Waals surface area (Å²) in [5.74, 6) is 0. The van der Waals surface area contributed by atoms with Gasteiger partial charge in [-0.15, -0.1) is 0 Å². The maximum Gasteiger partial charge on any atom is 0.0549 e. The van der Waals surface area contributed by atoms with Crippen LogP contribution in [0.25, 0.3) is 3.58 Å². The number of benzene rings is 1. The van der Waals surface area contributed by atoms with E-state index in [9.17, 15) is 0 Å². The highest BCUT2D eigenvalue weighted by molar-refractivity contribution is 14.1. The Morgan fingerprint density at radius 2 is 1.85 bits per heavy atom. The van der Waals surface area contributed by atoms with E-state index in [0.717, 1.165) is 5.56 Å². The van der Waals surface area contributed by atoms with Gasteiger partial charge in [-0.3, -0.25) is 0 Å². The number of hydrogen-bond acceptors (Lipinski definition) is 0. The minimum atomic E-state index is -0.126. The van der Waals surface area contributed by atoms with Crippen LogP contribution in [-0.2, 0) is 5.41 Å². The highest BCUT2D eigenvalue weighted by Crippen LogP contribution is 2.25. The molecule has 0 amide bonds. The van der Waals surface area contributed by atoms with Crippen molar-refractivity contribution in [2.45, 2.75) is 26.2 Å². The van der Waals surface area contributed by atoms with Gasteiger partial charge >= 0.3 is 0 Å². The average Bonchev–Trinajstić information content (AvgIpc) is 2.15. The molecule has 0 N–H and O–H groups in total. The third-order valence-corrected chi connectivity index (χ3v) is 2.63. The van der Waals surface area contributed by atoms with E-state index in [4.69, 9.17) is 2.74 Å². The largest absolute Gasteiger partial charge is 0.0850 e. The lowest BCUT2D eigenvalue weighted by molar-refractivity contribution is 0.590. The number of rotatable bonds is 1. The smallest absolute Gasteiger partial charge is 0.0549 e. The van der Waals surface area contributed by atoms with Crippen LogP contribution in [0.1, 0.15) is 34.6 Å². The Morgan fingerprint density at radius 1 is 1.31 bits per heavy atom. The second kappa shape index (κ2) is 3.82. The van der Waals surface area contributed by atoms with Crippen LogP contribution in [0.5, 0.6) is 0 Å². The molecule has 0 fully saturated rings. The van der Waals surface area contributed by atoms with E-state index in [1.165, 1.54) is 5.56 Å². The third-order valence-electron chi connectivity index (χ3n) is 2.00. The van der Waals surface area contributed by atoms with Gasteiger partial charge in [-0.25, -0.2) is 0 Å². The van der Waals surface area contributed by atoms with Crippen LogP contribution in [0.3, 0.4) is 0 Å². The minimum absolute atomic E-state index is 0.126. The fraction of sp³-hybridized carbons (Fsp3) is 0.333. The first-order valence-electron chi connectivity index (χ1n) is 5.26. The molecule has 1 aromatic carbocycles. The minimum Gasteiger partial charge on any atom is -0.0850 e. The summed E-state index contributed by atoms with van der Waals surface area (Å²) >= 11 is 2.03. The van der Waals surface area contributed by atoms with Gasteiger partial charge in [0.15, 0.2) is 0 Å². The van der Waals surface area contributed by atoms with Gasteiger partial charge in [-0.2, -0.15) is 0 Å². The first-order valence-corrected chi connectivity index (χ1v) is 5.34. The molecule has 0 radical (unpaired) electrons. The molecule has 13 heavy (non-hydrogen) atoms. The lowest BCUT2D eigenvalue weighted by Gasteiger charge is -2.18. The summed E-state index contributed by atoms with van der Waals surface area (Å²) in [7, 11) is 0. The van der Waals surface area contributed by atoms with Crippen molar-refractivity contribution in [3.63, 3.8) is 0 Å². The maximum absolute atomic E-state index is 7.24. The van der Waals surface area contributed by atoms with E-state index < -0.39 is 0 Å². The van der Waals surface area contributed by atoms with Gasteiger partial charge < -0.3 is 0 Å². The molecule has 1 heteroatoms. The van der Waals surface area contributed by atoms with Crippen molar-refractivity contribution in [2.75, 3.05) is 0 Å². The van der Waals surface area contributed by atoms with Crippen LogP contribution >= 0.6 is 22.6 Å². The van der Waals surface area contributed by atoms with E-state index in [2.05, 4.69) is 32.9 Å². The Labute approximate surface area is 97.0 Å². The molecule has 0 saturated heterocycles. The lowest BCUT2D eigenvalue weighted by Crippen LogP contribution is -2.10. The van der Waals surface area contributed by atoms with E-state index in [-0.39, 0.29) is 11.9 Å². The predicted molar refractivity (Wildman–Crippen MR) is 68.2 cm³/mol. The number of halogens is 1. The van der Waals surface area contributed by atoms with Crippen LogP contribution in [-0.4, -0.2) is 0 Å². The zero-order valence-corrected chi connectivity index (χ0v) is 10.3. The van der Waals surface area contributed by atoms with Crippen LogP contribution in [0, 0.1) is 0 Å². The first-order chi connectivity index (χ1) is 6.82. The highest BCUT2D eigenvalue weighted by atomic mass is 127. The van der Waals surface area contributed by atoms with Crippen LogP contribution < -0.4 is 0 Å². The molecule has 0 nitrogen and oxygen atoms in total. The molecule has 0 bridgehead atoms. The summed E-state index contributed by atoms with van der Waals surface area (Å²) < 4.78 is 15.2. The lowest BCUT2D eigenvalue weighted by atomic mass is 9.87.